The molecule has 0 spiro atoms. The second-order valence-electron chi connectivity index (χ2n) is 0.870. The van der Waals surface area contributed by atoms with Crippen molar-refractivity contribution in [3.63, 3.8) is 0 Å². The van der Waals surface area contributed by atoms with Crippen LogP contribution in [-0.2, 0) is 0 Å². The highest BCUT2D eigenvalue weighted by Gasteiger charge is 1.95. The molecule has 1 rings (SSSR count). The van der Waals surface area contributed by atoms with Crippen molar-refractivity contribution in [2.24, 2.45) is 0 Å². The van der Waals surface area contributed by atoms with Crippen molar-refractivity contribution < 1.29 is 0 Å². The van der Waals surface area contributed by atoms with Crippen molar-refractivity contribution in [1.82, 2.24) is 4.98 Å². The van der Waals surface area contributed by atoms with Gasteiger partial charge in [0.25, 0.3) is 0 Å². The van der Waals surface area contributed by atoms with Crippen LogP contribution in [0.1, 0.15) is 0 Å². The van der Waals surface area contributed by atoms with E-state index >= 15 is 0 Å². The molecule has 37 valence electrons. The Kier molecular flexibility index (Phi) is 1.52. The highest BCUT2D eigenvalue weighted by atomic mass is 35.5. The summed E-state index contributed by atoms with van der Waals surface area (Å²) in [6, 6.07) is 0. The zero-order valence-electron chi connectivity index (χ0n) is 3.11. The molecule has 1 heterocycles. The average Bonchev–Trinajstić information content (AvgIpc) is 1.91. The fourth-order valence-corrected chi connectivity index (χ4v) is 0.890. The molecule has 0 unspecified atom stereocenters. The highest BCUT2D eigenvalue weighted by Crippen LogP contribution is 2.22. The van der Waals surface area contributed by atoms with Gasteiger partial charge in [-0.15, -0.1) is 0 Å². The second kappa shape index (κ2) is 1.99. The summed E-state index contributed by atoms with van der Waals surface area (Å²) in [6.07, 6.45) is 0. The van der Waals surface area contributed by atoms with Crippen LogP contribution < -0.4 is 0 Å². The first-order chi connectivity index (χ1) is 3.30. The Labute approximate surface area is 54.9 Å². The van der Waals surface area contributed by atoms with Crippen LogP contribution >= 0.6 is 34.5 Å². The largest absolute Gasteiger partial charge is 0.220 e. The Bertz CT molecular complexity index is 145. The lowest BCUT2D eigenvalue weighted by molar-refractivity contribution is 1.41. The normalized spacial score (nSPS) is 9.43. The van der Waals surface area contributed by atoms with Gasteiger partial charge in [-0.25, -0.2) is 4.98 Å². The van der Waals surface area contributed by atoms with E-state index < -0.39 is 0 Å². The van der Waals surface area contributed by atoms with Crippen LogP contribution in [-0.4, -0.2) is 4.98 Å². The van der Waals surface area contributed by atoms with Gasteiger partial charge in [-0.3, -0.25) is 0 Å². The van der Waals surface area contributed by atoms with Crippen LogP contribution in [0.3, 0.4) is 0 Å². The van der Waals surface area contributed by atoms with Gasteiger partial charge in [0, 0.05) is 0 Å². The molecule has 0 aliphatic heterocycles. The number of aromatic nitrogens is 1. The summed E-state index contributed by atoms with van der Waals surface area (Å²) in [5.74, 6) is 0. The van der Waals surface area contributed by atoms with Gasteiger partial charge in [0.1, 0.15) is 4.34 Å². The Balaban J connectivity index is 3.12. The maximum atomic E-state index is 5.42. The third-order valence-corrected chi connectivity index (χ3v) is 1.89. The maximum Gasteiger partial charge on any atom is 0.159 e. The lowest BCUT2D eigenvalue weighted by Gasteiger charge is -1.71. The number of nitrogens with zero attached hydrogens (tertiary/aromatic N) is 1. The number of rotatable bonds is 0. The van der Waals surface area contributed by atoms with E-state index in [0.29, 0.717) is 9.49 Å². The molecule has 0 bridgehead atoms. The fourth-order valence-electron chi connectivity index (χ4n) is 0.189. The van der Waals surface area contributed by atoms with Gasteiger partial charge in [0.15, 0.2) is 10.7 Å². The molecule has 1 nitrogen and oxygen atoms in total. The van der Waals surface area contributed by atoms with Crippen molar-refractivity contribution in [2.75, 3.05) is 0 Å². The zero-order valence-corrected chi connectivity index (χ0v) is 5.44. The van der Waals surface area contributed by atoms with Crippen molar-refractivity contribution in [1.29, 1.82) is 0 Å². The predicted molar refractivity (Wildman–Crippen MR) is 31.0 cm³/mol. The molecule has 1 aromatic rings. The van der Waals surface area contributed by atoms with E-state index in [1.54, 1.807) is 0 Å². The van der Waals surface area contributed by atoms with Crippen molar-refractivity contribution in [3.8, 4) is 0 Å². The van der Waals surface area contributed by atoms with Crippen molar-refractivity contribution >= 4 is 34.5 Å². The molecule has 0 N–H and O–H groups in total. The zero-order chi connectivity index (χ0) is 5.28. The number of thiazole rings is 1. The van der Waals surface area contributed by atoms with Crippen LogP contribution in [0.4, 0.5) is 0 Å². The van der Waals surface area contributed by atoms with Gasteiger partial charge in [-0.2, -0.15) is 0 Å². The van der Waals surface area contributed by atoms with Crippen LogP contribution in [0.2, 0.25) is 9.49 Å². The summed E-state index contributed by atoms with van der Waals surface area (Å²) in [6.45, 7) is 0. The lowest BCUT2D eigenvalue weighted by Crippen LogP contribution is -1.54. The molecule has 0 aliphatic rings. The minimum absolute atomic E-state index is 0.340. The molecule has 0 aromatic carbocycles. The van der Waals surface area contributed by atoms with Crippen molar-refractivity contribution in [2.45, 2.75) is 0 Å². The monoisotopic (exact) mass is 152 g/mol. The van der Waals surface area contributed by atoms with Crippen LogP contribution in [0.5, 0.6) is 0 Å². The molecule has 7 heavy (non-hydrogen) atoms. The lowest BCUT2D eigenvalue weighted by atomic mass is 11.0. The minimum Gasteiger partial charge on any atom is -0.220 e. The summed E-state index contributed by atoms with van der Waals surface area (Å²) < 4.78 is 0.502. The molecule has 1 aromatic heterocycles. The van der Waals surface area contributed by atoms with E-state index in [1.165, 1.54) is 11.3 Å². The van der Waals surface area contributed by atoms with E-state index in [2.05, 4.69) is 10.5 Å². The first-order valence-corrected chi connectivity index (χ1v) is 3.06. The Morgan fingerprint density at radius 2 is 2.29 bits per heavy atom. The highest BCUT2D eigenvalue weighted by molar-refractivity contribution is 7.14. The SMILES string of the molecule is Clc1n[c]sc1Cl. The molecule has 0 aliphatic carbocycles. The predicted octanol–water partition coefficient (Wildman–Crippen LogP) is 2.25. The minimum atomic E-state index is 0.340. The second-order valence-corrected chi connectivity index (χ2v) is 2.62. The first kappa shape index (κ1) is 5.35. The summed E-state index contributed by atoms with van der Waals surface area (Å²) in [5, 5.41) is 0.340. The van der Waals surface area contributed by atoms with Gasteiger partial charge < -0.3 is 0 Å². The Morgan fingerprint density at radius 1 is 1.57 bits per heavy atom. The molecule has 0 amide bonds. The molecule has 0 atom stereocenters. The average molecular weight is 153 g/mol. The van der Waals surface area contributed by atoms with Gasteiger partial charge in [-0.05, 0) is 0 Å². The molecule has 0 saturated carbocycles. The summed E-state index contributed by atoms with van der Waals surface area (Å²) in [7, 11) is 0. The van der Waals surface area contributed by atoms with Gasteiger partial charge in [-0.1, -0.05) is 34.5 Å². The quantitative estimate of drug-likeness (QED) is 0.556. The summed E-state index contributed by atoms with van der Waals surface area (Å²) in [4.78, 5) is 3.54. The van der Waals surface area contributed by atoms with E-state index in [-0.39, 0.29) is 0 Å². The maximum absolute atomic E-state index is 5.42. The van der Waals surface area contributed by atoms with Crippen LogP contribution in [0.15, 0.2) is 0 Å². The number of hydrogen-bond donors (Lipinski definition) is 0. The Hall–Kier alpha value is 0.210. The smallest absolute Gasteiger partial charge is 0.159 e. The molecule has 0 fully saturated rings. The van der Waals surface area contributed by atoms with Crippen LogP contribution in [0.25, 0.3) is 0 Å². The van der Waals surface area contributed by atoms with Crippen LogP contribution in [0, 0.1) is 5.51 Å². The van der Waals surface area contributed by atoms with E-state index in [4.69, 9.17) is 23.2 Å². The van der Waals surface area contributed by atoms with E-state index in [9.17, 15) is 0 Å². The molecular weight excluding hydrogens is 153 g/mol. The number of halogens is 2. The van der Waals surface area contributed by atoms with E-state index in [0.717, 1.165) is 0 Å². The summed E-state index contributed by atoms with van der Waals surface area (Å²) >= 11 is 12.0. The standard InChI is InChI=1S/C3Cl2NS/c4-2-3(5)7-1-6-2. The topological polar surface area (TPSA) is 12.9 Å². The third-order valence-electron chi connectivity index (χ3n) is 0.441. The molecule has 4 heteroatoms. The van der Waals surface area contributed by atoms with Crippen molar-refractivity contribution in [3.05, 3.63) is 15.0 Å². The van der Waals surface area contributed by atoms with Gasteiger partial charge in [0.05, 0.1) is 0 Å². The third kappa shape index (κ3) is 1.06. The molecule has 0 saturated heterocycles. The van der Waals surface area contributed by atoms with Gasteiger partial charge in [0.2, 0.25) is 0 Å². The molecule has 1 radical (unpaired) electrons. The summed E-state index contributed by atoms with van der Waals surface area (Å²) in [5.41, 5.74) is 2.53. The molecular formula is C3Cl2NS. The Morgan fingerprint density at radius 3 is 2.43 bits per heavy atom. The van der Waals surface area contributed by atoms with Gasteiger partial charge >= 0.3 is 0 Å². The number of hydrogen-bond acceptors (Lipinski definition) is 2. The first-order valence-electron chi connectivity index (χ1n) is 1.48. The fraction of sp³-hybridized carbons (Fsp3) is 0. The van der Waals surface area contributed by atoms with E-state index in [1.807, 2.05) is 0 Å².